The van der Waals surface area contributed by atoms with Gasteiger partial charge in [-0.05, 0) is 29.8 Å². The van der Waals surface area contributed by atoms with Crippen LogP contribution in [0.25, 0.3) is 11.4 Å². The molecule has 0 fully saturated rings. The smallest absolute Gasteiger partial charge is 0.269 e. The second-order valence-electron chi connectivity index (χ2n) is 6.05. The number of nitrogens with one attached hydrogen (secondary N) is 2. The molecule has 0 spiro atoms. The maximum atomic E-state index is 12.8. The Balaban J connectivity index is 1.54. The first-order valence-corrected chi connectivity index (χ1v) is 8.59. The van der Waals surface area contributed by atoms with Crippen molar-refractivity contribution >= 4 is 5.91 Å². The molecule has 0 aliphatic rings. The summed E-state index contributed by atoms with van der Waals surface area (Å²) in [7, 11) is 0. The molecule has 0 aliphatic carbocycles. The molecule has 3 aromatic heterocycles. The summed E-state index contributed by atoms with van der Waals surface area (Å²) in [6.45, 7) is 0.532. The zero-order valence-electron chi connectivity index (χ0n) is 14.5. The highest BCUT2D eigenvalue weighted by atomic mass is 16.2. The van der Waals surface area contributed by atoms with Gasteiger partial charge in [-0.25, -0.2) is 0 Å². The number of H-pyrrole nitrogens is 1. The number of amides is 1. The molecule has 7 heteroatoms. The third-order valence-corrected chi connectivity index (χ3v) is 4.19. The maximum Gasteiger partial charge on any atom is 0.269 e. The molecule has 1 unspecified atom stereocenters. The van der Waals surface area contributed by atoms with Crippen molar-refractivity contribution in [3.05, 3.63) is 90.5 Å². The Morgan fingerprint density at radius 3 is 2.63 bits per heavy atom. The van der Waals surface area contributed by atoms with E-state index in [9.17, 15) is 4.79 Å². The summed E-state index contributed by atoms with van der Waals surface area (Å²) in [5.41, 5.74) is 2.73. The van der Waals surface area contributed by atoms with Gasteiger partial charge < -0.3 is 5.32 Å². The van der Waals surface area contributed by atoms with Crippen molar-refractivity contribution in [3.63, 3.8) is 0 Å². The molecule has 4 rings (SSSR count). The third-order valence-electron chi connectivity index (χ3n) is 4.19. The van der Waals surface area contributed by atoms with Crippen LogP contribution in [-0.2, 0) is 6.54 Å². The van der Waals surface area contributed by atoms with E-state index in [2.05, 4.69) is 25.6 Å². The summed E-state index contributed by atoms with van der Waals surface area (Å²) in [4.78, 5) is 17.0. The largest absolute Gasteiger partial charge is 0.342 e. The number of aromatic amines is 1. The molecule has 0 radical (unpaired) electrons. The van der Waals surface area contributed by atoms with Gasteiger partial charge in [-0.3, -0.25) is 19.6 Å². The molecule has 1 aromatic carbocycles. The van der Waals surface area contributed by atoms with E-state index in [4.69, 9.17) is 0 Å². The van der Waals surface area contributed by atoms with E-state index in [0.717, 1.165) is 5.56 Å². The fourth-order valence-corrected chi connectivity index (χ4v) is 2.83. The Morgan fingerprint density at radius 1 is 1.04 bits per heavy atom. The van der Waals surface area contributed by atoms with E-state index >= 15 is 0 Å². The molecule has 7 nitrogen and oxygen atoms in total. The minimum absolute atomic E-state index is 0.222. The lowest BCUT2D eigenvalue weighted by molar-refractivity contribution is 0.0926. The van der Waals surface area contributed by atoms with E-state index in [1.165, 1.54) is 0 Å². The minimum atomic E-state index is -0.231. The fourth-order valence-electron chi connectivity index (χ4n) is 2.83. The molecule has 134 valence electrons. The van der Waals surface area contributed by atoms with Gasteiger partial charge in [-0.15, -0.1) is 0 Å². The molecule has 3 heterocycles. The van der Waals surface area contributed by atoms with E-state index in [0.29, 0.717) is 23.6 Å². The summed E-state index contributed by atoms with van der Waals surface area (Å²) < 4.78 is 1.80. The summed E-state index contributed by atoms with van der Waals surface area (Å²) in [5, 5.41) is 14.3. The van der Waals surface area contributed by atoms with Crippen LogP contribution in [0.5, 0.6) is 0 Å². The van der Waals surface area contributed by atoms with Gasteiger partial charge in [-0.2, -0.15) is 10.2 Å². The number of aromatic nitrogens is 5. The molecule has 2 N–H and O–H groups in total. The van der Waals surface area contributed by atoms with E-state index in [1.807, 2.05) is 60.8 Å². The van der Waals surface area contributed by atoms with Gasteiger partial charge in [0.15, 0.2) is 0 Å². The van der Waals surface area contributed by atoms with Crippen molar-refractivity contribution in [1.29, 1.82) is 0 Å². The van der Waals surface area contributed by atoms with Gasteiger partial charge in [0.2, 0.25) is 0 Å². The standard InChI is InChI=1S/C20H18N6O/c27-20(18-13-17(24-25-18)16-9-4-5-10-21-16)23-19(14-26-12-6-11-22-26)15-7-2-1-3-8-15/h1-13,19H,14H2,(H,23,27)(H,24,25). The highest BCUT2D eigenvalue weighted by Gasteiger charge is 2.18. The van der Waals surface area contributed by atoms with Crippen LogP contribution in [0.15, 0.2) is 79.3 Å². The van der Waals surface area contributed by atoms with Gasteiger partial charge >= 0.3 is 0 Å². The number of rotatable bonds is 6. The predicted octanol–water partition coefficient (Wildman–Crippen LogP) is 2.84. The van der Waals surface area contributed by atoms with Gasteiger partial charge in [0.05, 0.1) is 18.3 Å². The highest BCUT2D eigenvalue weighted by Crippen LogP contribution is 2.17. The summed E-state index contributed by atoms with van der Waals surface area (Å²) in [6, 6.07) is 18.7. The Kier molecular flexibility index (Phi) is 4.74. The zero-order chi connectivity index (χ0) is 18.5. The van der Waals surface area contributed by atoms with Gasteiger partial charge in [-0.1, -0.05) is 36.4 Å². The number of carbonyl (C=O) groups excluding carboxylic acids is 1. The van der Waals surface area contributed by atoms with E-state index in [1.54, 1.807) is 23.1 Å². The average molecular weight is 358 g/mol. The number of hydrogen-bond donors (Lipinski definition) is 2. The van der Waals surface area contributed by atoms with Crippen LogP contribution in [0.2, 0.25) is 0 Å². The summed E-state index contributed by atoms with van der Waals surface area (Å²) in [6.07, 6.45) is 5.29. The monoisotopic (exact) mass is 358 g/mol. The lowest BCUT2D eigenvalue weighted by Crippen LogP contribution is -2.31. The topological polar surface area (TPSA) is 88.5 Å². The Hall–Kier alpha value is -3.74. The van der Waals surface area contributed by atoms with Crippen molar-refractivity contribution in [2.45, 2.75) is 12.6 Å². The number of carbonyl (C=O) groups is 1. The first kappa shape index (κ1) is 16.7. The summed E-state index contributed by atoms with van der Waals surface area (Å²) in [5.74, 6) is -0.231. The van der Waals surface area contributed by atoms with Gasteiger partial charge in [0.25, 0.3) is 5.91 Å². The first-order valence-electron chi connectivity index (χ1n) is 8.59. The van der Waals surface area contributed by atoms with Crippen LogP contribution in [-0.4, -0.2) is 30.9 Å². The molecule has 0 saturated carbocycles. The number of pyridine rings is 1. The van der Waals surface area contributed by atoms with Crippen LogP contribution < -0.4 is 5.32 Å². The maximum absolute atomic E-state index is 12.8. The quantitative estimate of drug-likeness (QED) is 0.555. The number of hydrogen-bond acceptors (Lipinski definition) is 4. The Morgan fingerprint density at radius 2 is 1.89 bits per heavy atom. The molecule has 1 atom stereocenters. The fraction of sp³-hybridized carbons (Fsp3) is 0.100. The van der Waals surface area contributed by atoms with E-state index in [-0.39, 0.29) is 11.9 Å². The van der Waals surface area contributed by atoms with Crippen LogP contribution >= 0.6 is 0 Å². The van der Waals surface area contributed by atoms with Crippen LogP contribution in [0.1, 0.15) is 22.1 Å². The molecule has 0 saturated heterocycles. The first-order chi connectivity index (χ1) is 13.3. The van der Waals surface area contributed by atoms with Crippen molar-refractivity contribution in [3.8, 4) is 11.4 Å². The highest BCUT2D eigenvalue weighted by molar-refractivity contribution is 5.93. The number of nitrogens with zero attached hydrogens (tertiary/aromatic N) is 4. The van der Waals surface area contributed by atoms with Crippen molar-refractivity contribution in [1.82, 2.24) is 30.3 Å². The minimum Gasteiger partial charge on any atom is -0.342 e. The van der Waals surface area contributed by atoms with Gasteiger partial charge in [0.1, 0.15) is 11.4 Å². The van der Waals surface area contributed by atoms with Crippen LogP contribution in [0.4, 0.5) is 0 Å². The van der Waals surface area contributed by atoms with Gasteiger partial charge in [0, 0.05) is 18.6 Å². The molecule has 0 aliphatic heterocycles. The van der Waals surface area contributed by atoms with Crippen LogP contribution in [0.3, 0.4) is 0 Å². The third kappa shape index (κ3) is 3.92. The van der Waals surface area contributed by atoms with Crippen molar-refractivity contribution in [2.75, 3.05) is 0 Å². The SMILES string of the molecule is O=C(NC(Cn1cccn1)c1ccccc1)c1cc(-c2ccccn2)n[nH]1. The molecule has 4 aromatic rings. The van der Waals surface area contributed by atoms with E-state index < -0.39 is 0 Å². The average Bonchev–Trinajstić information content (AvgIpc) is 3.41. The Labute approximate surface area is 156 Å². The second kappa shape index (κ2) is 7.65. The van der Waals surface area contributed by atoms with Crippen LogP contribution in [0, 0.1) is 0 Å². The number of benzene rings is 1. The summed E-state index contributed by atoms with van der Waals surface area (Å²) >= 11 is 0. The lowest BCUT2D eigenvalue weighted by Gasteiger charge is -2.19. The second-order valence-corrected chi connectivity index (χ2v) is 6.05. The molecule has 27 heavy (non-hydrogen) atoms. The molecular weight excluding hydrogens is 340 g/mol. The normalized spacial score (nSPS) is 11.9. The molecule has 0 bridgehead atoms. The van der Waals surface area contributed by atoms with Crippen molar-refractivity contribution in [2.24, 2.45) is 0 Å². The predicted molar refractivity (Wildman–Crippen MR) is 101 cm³/mol. The molecular formula is C20H18N6O. The lowest BCUT2D eigenvalue weighted by atomic mass is 10.1. The Bertz CT molecular complexity index is 995. The van der Waals surface area contributed by atoms with Crippen molar-refractivity contribution < 1.29 is 4.79 Å². The zero-order valence-corrected chi connectivity index (χ0v) is 14.5. The molecule has 1 amide bonds.